The number of unbranched alkanes of at least 4 members (excludes halogenated alkanes) is 1. The van der Waals surface area contributed by atoms with Gasteiger partial charge in [0.15, 0.2) is 0 Å². The summed E-state index contributed by atoms with van der Waals surface area (Å²) in [6.45, 7) is 7.98. The number of hydrogen-bond donors (Lipinski definition) is 2. The summed E-state index contributed by atoms with van der Waals surface area (Å²) >= 11 is 0. The van der Waals surface area contributed by atoms with Gasteiger partial charge in [0.1, 0.15) is 0 Å². The SMILES string of the molecule is CCCCN(C[C@@H](C)O)C[C@@H](C)O. The smallest absolute Gasteiger partial charge is 0.0639 e. The van der Waals surface area contributed by atoms with Crippen molar-refractivity contribution >= 4 is 0 Å². The molecule has 2 atom stereocenters. The van der Waals surface area contributed by atoms with Crippen molar-refractivity contribution in [2.75, 3.05) is 19.6 Å². The van der Waals surface area contributed by atoms with E-state index in [0.717, 1.165) is 19.4 Å². The molecule has 0 spiro atoms. The third-order valence-electron chi connectivity index (χ3n) is 1.87. The molecule has 0 fully saturated rings. The first kappa shape index (κ1) is 12.9. The van der Waals surface area contributed by atoms with E-state index >= 15 is 0 Å². The standard InChI is InChI=1S/C10H23NO2/c1-4-5-6-11(7-9(2)12)8-10(3)13/h9-10,12-13H,4-8H2,1-3H3/t9-,10-/m1/s1. The molecule has 0 unspecified atom stereocenters. The van der Waals surface area contributed by atoms with Crippen LogP contribution in [0, 0.1) is 0 Å². The van der Waals surface area contributed by atoms with Gasteiger partial charge < -0.3 is 10.2 Å². The lowest BCUT2D eigenvalue weighted by atomic mass is 10.2. The molecule has 80 valence electrons. The molecule has 0 heterocycles. The molecule has 0 amide bonds. The fourth-order valence-corrected chi connectivity index (χ4v) is 1.39. The topological polar surface area (TPSA) is 43.7 Å². The number of nitrogens with zero attached hydrogens (tertiary/aromatic N) is 1. The molecule has 0 aromatic heterocycles. The Hall–Kier alpha value is -0.120. The minimum Gasteiger partial charge on any atom is -0.392 e. The third-order valence-corrected chi connectivity index (χ3v) is 1.87. The number of aliphatic hydroxyl groups is 2. The zero-order valence-electron chi connectivity index (χ0n) is 9.03. The van der Waals surface area contributed by atoms with E-state index in [-0.39, 0.29) is 12.2 Å². The normalized spacial score (nSPS) is 16.2. The molecule has 3 heteroatoms. The van der Waals surface area contributed by atoms with Crippen molar-refractivity contribution in [1.82, 2.24) is 4.90 Å². The van der Waals surface area contributed by atoms with Crippen LogP contribution in [0.3, 0.4) is 0 Å². The van der Waals surface area contributed by atoms with Gasteiger partial charge in [-0.25, -0.2) is 0 Å². The van der Waals surface area contributed by atoms with Crippen LogP contribution >= 0.6 is 0 Å². The molecular weight excluding hydrogens is 166 g/mol. The van der Waals surface area contributed by atoms with Gasteiger partial charge in [-0.3, -0.25) is 4.90 Å². The Kier molecular flexibility index (Phi) is 7.23. The molecule has 0 aromatic rings. The molecule has 0 rings (SSSR count). The van der Waals surface area contributed by atoms with Gasteiger partial charge >= 0.3 is 0 Å². The van der Waals surface area contributed by atoms with Crippen LogP contribution in [0.15, 0.2) is 0 Å². The summed E-state index contributed by atoms with van der Waals surface area (Å²) in [5, 5.41) is 18.4. The monoisotopic (exact) mass is 189 g/mol. The predicted octanol–water partition coefficient (Wildman–Crippen LogP) is 0.850. The van der Waals surface area contributed by atoms with E-state index in [1.54, 1.807) is 13.8 Å². The summed E-state index contributed by atoms with van der Waals surface area (Å²) in [5.74, 6) is 0. The largest absolute Gasteiger partial charge is 0.392 e. The van der Waals surface area contributed by atoms with E-state index < -0.39 is 0 Å². The quantitative estimate of drug-likeness (QED) is 0.624. The lowest BCUT2D eigenvalue weighted by Crippen LogP contribution is -2.36. The molecule has 0 aliphatic rings. The molecule has 0 aliphatic carbocycles. The van der Waals surface area contributed by atoms with Crippen LogP contribution in [-0.4, -0.2) is 47.0 Å². The minimum absolute atomic E-state index is 0.310. The Morgan fingerprint density at radius 3 is 1.85 bits per heavy atom. The maximum Gasteiger partial charge on any atom is 0.0639 e. The maximum absolute atomic E-state index is 9.21. The highest BCUT2D eigenvalue weighted by Gasteiger charge is 2.09. The first-order chi connectivity index (χ1) is 6.06. The van der Waals surface area contributed by atoms with E-state index in [9.17, 15) is 10.2 Å². The Labute approximate surface area is 81.4 Å². The van der Waals surface area contributed by atoms with Gasteiger partial charge in [-0.2, -0.15) is 0 Å². The Bertz CT molecular complexity index is 105. The molecule has 0 aliphatic heterocycles. The summed E-state index contributed by atoms with van der Waals surface area (Å²) in [6, 6.07) is 0. The average Bonchev–Trinajstić information content (AvgIpc) is 1.98. The molecule has 0 aromatic carbocycles. The molecule has 0 saturated carbocycles. The van der Waals surface area contributed by atoms with Gasteiger partial charge in [0.25, 0.3) is 0 Å². The van der Waals surface area contributed by atoms with E-state index in [1.807, 2.05) is 0 Å². The van der Waals surface area contributed by atoms with Gasteiger partial charge in [0.05, 0.1) is 12.2 Å². The van der Waals surface area contributed by atoms with Crippen molar-refractivity contribution in [3.63, 3.8) is 0 Å². The van der Waals surface area contributed by atoms with Crippen LogP contribution in [0.25, 0.3) is 0 Å². The van der Waals surface area contributed by atoms with Crippen LogP contribution in [-0.2, 0) is 0 Å². The number of aliphatic hydroxyl groups excluding tert-OH is 2. The molecule has 3 nitrogen and oxygen atoms in total. The van der Waals surface area contributed by atoms with E-state index in [0.29, 0.717) is 13.1 Å². The van der Waals surface area contributed by atoms with Gasteiger partial charge in [0.2, 0.25) is 0 Å². The van der Waals surface area contributed by atoms with Gasteiger partial charge in [-0.05, 0) is 26.8 Å². The first-order valence-corrected chi connectivity index (χ1v) is 5.14. The van der Waals surface area contributed by atoms with Crippen molar-refractivity contribution in [2.24, 2.45) is 0 Å². The van der Waals surface area contributed by atoms with Crippen LogP contribution in [0.4, 0.5) is 0 Å². The first-order valence-electron chi connectivity index (χ1n) is 5.14. The van der Waals surface area contributed by atoms with Crippen LogP contribution < -0.4 is 0 Å². The van der Waals surface area contributed by atoms with Crippen LogP contribution in [0.5, 0.6) is 0 Å². The maximum atomic E-state index is 9.21. The second-order valence-electron chi connectivity index (χ2n) is 3.81. The Balaban J connectivity index is 3.73. The summed E-state index contributed by atoms with van der Waals surface area (Å²) in [6.07, 6.45) is 1.65. The van der Waals surface area contributed by atoms with Gasteiger partial charge in [0, 0.05) is 13.1 Å². The summed E-state index contributed by atoms with van der Waals surface area (Å²) < 4.78 is 0. The zero-order valence-corrected chi connectivity index (χ0v) is 9.03. The lowest BCUT2D eigenvalue weighted by Gasteiger charge is -2.24. The fraction of sp³-hybridized carbons (Fsp3) is 1.00. The molecule has 0 radical (unpaired) electrons. The number of rotatable bonds is 7. The minimum atomic E-state index is -0.310. The fourth-order valence-electron chi connectivity index (χ4n) is 1.39. The van der Waals surface area contributed by atoms with Crippen molar-refractivity contribution in [3.8, 4) is 0 Å². The highest BCUT2D eigenvalue weighted by atomic mass is 16.3. The van der Waals surface area contributed by atoms with Gasteiger partial charge in [-0.1, -0.05) is 13.3 Å². The molecule has 0 saturated heterocycles. The van der Waals surface area contributed by atoms with Crippen molar-refractivity contribution < 1.29 is 10.2 Å². The molecule has 13 heavy (non-hydrogen) atoms. The second kappa shape index (κ2) is 7.30. The average molecular weight is 189 g/mol. The molecular formula is C10H23NO2. The highest BCUT2D eigenvalue weighted by Crippen LogP contribution is 1.99. The van der Waals surface area contributed by atoms with Crippen molar-refractivity contribution in [2.45, 2.75) is 45.8 Å². The number of hydrogen-bond acceptors (Lipinski definition) is 3. The summed E-state index contributed by atoms with van der Waals surface area (Å²) in [5.41, 5.74) is 0. The van der Waals surface area contributed by atoms with Crippen LogP contribution in [0.1, 0.15) is 33.6 Å². The Morgan fingerprint density at radius 2 is 1.54 bits per heavy atom. The molecule has 2 N–H and O–H groups in total. The van der Waals surface area contributed by atoms with E-state index in [1.165, 1.54) is 0 Å². The highest BCUT2D eigenvalue weighted by molar-refractivity contribution is 4.64. The summed E-state index contributed by atoms with van der Waals surface area (Å²) in [4.78, 5) is 2.11. The second-order valence-corrected chi connectivity index (χ2v) is 3.81. The van der Waals surface area contributed by atoms with E-state index in [2.05, 4.69) is 11.8 Å². The zero-order chi connectivity index (χ0) is 10.3. The third kappa shape index (κ3) is 8.22. The van der Waals surface area contributed by atoms with Crippen molar-refractivity contribution in [3.05, 3.63) is 0 Å². The van der Waals surface area contributed by atoms with E-state index in [4.69, 9.17) is 0 Å². The lowest BCUT2D eigenvalue weighted by molar-refractivity contribution is 0.0828. The van der Waals surface area contributed by atoms with Crippen LogP contribution in [0.2, 0.25) is 0 Å². The Morgan fingerprint density at radius 1 is 1.08 bits per heavy atom. The molecule has 0 bridgehead atoms. The van der Waals surface area contributed by atoms with Crippen molar-refractivity contribution in [1.29, 1.82) is 0 Å². The van der Waals surface area contributed by atoms with Gasteiger partial charge in [-0.15, -0.1) is 0 Å². The predicted molar refractivity (Wildman–Crippen MR) is 54.7 cm³/mol. The summed E-state index contributed by atoms with van der Waals surface area (Å²) in [7, 11) is 0.